The van der Waals surface area contributed by atoms with Crippen molar-refractivity contribution in [2.75, 3.05) is 7.05 Å². The third kappa shape index (κ3) is 3.23. The second-order valence-electron chi connectivity index (χ2n) is 4.96. The Balaban J connectivity index is 2.23. The molecule has 0 spiro atoms. The second-order valence-corrected chi connectivity index (χ2v) is 9.53. The number of rotatable bonds is 4. The molecule has 0 radical (unpaired) electrons. The van der Waals surface area contributed by atoms with Gasteiger partial charge in [0.2, 0.25) is 0 Å². The lowest BCUT2D eigenvalue weighted by molar-refractivity contribution is 0.297. The van der Waals surface area contributed by atoms with Crippen LogP contribution in [0.4, 0.5) is 0 Å². The van der Waals surface area contributed by atoms with Gasteiger partial charge in [0, 0.05) is 22.8 Å². The van der Waals surface area contributed by atoms with E-state index in [-0.39, 0.29) is 10.9 Å². The number of sulfonamides is 1. The zero-order chi connectivity index (χ0) is 14.0. The van der Waals surface area contributed by atoms with E-state index in [1.807, 2.05) is 13.0 Å². The first-order chi connectivity index (χ1) is 8.96. The molecule has 108 valence electrons. The molecule has 3 nitrogen and oxygen atoms in total. The van der Waals surface area contributed by atoms with Crippen molar-refractivity contribution in [3.8, 4) is 0 Å². The summed E-state index contributed by atoms with van der Waals surface area (Å²) in [5.74, 6) is 0. The molecule has 1 aliphatic carbocycles. The molecule has 6 heteroatoms. The maximum atomic E-state index is 12.6. The minimum absolute atomic E-state index is 0.0749. The fourth-order valence-electron chi connectivity index (χ4n) is 2.48. The van der Waals surface area contributed by atoms with Gasteiger partial charge in [-0.2, -0.15) is 4.31 Å². The van der Waals surface area contributed by atoms with Crippen molar-refractivity contribution < 1.29 is 8.42 Å². The predicted octanol–water partition coefficient (Wildman–Crippen LogP) is 3.64. The lowest BCUT2D eigenvalue weighted by Gasteiger charge is -2.34. The molecule has 19 heavy (non-hydrogen) atoms. The van der Waals surface area contributed by atoms with Crippen LogP contribution >= 0.6 is 27.3 Å². The smallest absolute Gasteiger partial charge is 0.206 e. The normalized spacial score (nSPS) is 24.8. The van der Waals surface area contributed by atoms with E-state index in [0.717, 1.165) is 30.6 Å². The molecule has 1 saturated carbocycles. The number of thiophene rings is 1. The van der Waals surface area contributed by atoms with E-state index in [4.69, 9.17) is 0 Å². The molecular weight excluding hydrogens is 346 g/mol. The quantitative estimate of drug-likeness (QED) is 0.763. The largest absolute Gasteiger partial charge is 0.252 e. The van der Waals surface area contributed by atoms with Gasteiger partial charge < -0.3 is 0 Å². The summed E-state index contributed by atoms with van der Waals surface area (Å²) in [6.45, 7) is 2.04. The van der Waals surface area contributed by atoms with Crippen molar-refractivity contribution in [3.05, 3.63) is 17.0 Å². The maximum absolute atomic E-state index is 12.6. The van der Waals surface area contributed by atoms with E-state index in [1.165, 1.54) is 17.8 Å². The Kier molecular flexibility index (Phi) is 5.09. The summed E-state index contributed by atoms with van der Waals surface area (Å²) in [5.41, 5.74) is 0. The van der Waals surface area contributed by atoms with Crippen LogP contribution in [0.15, 0.2) is 16.3 Å². The third-order valence-electron chi connectivity index (χ3n) is 3.73. The number of aryl methyl sites for hydroxylation is 1. The molecule has 0 amide bonds. The first-order valence-electron chi connectivity index (χ1n) is 6.67. The molecular formula is C13H20BrNO2S2. The minimum Gasteiger partial charge on any atom is -0.206 e. The molecule has 1 aromatic rings. The zero-order valence-electron chi connectivity index (χ0n) is 11.3. The van der Waals surface area contributed by atoms with Crippen molar-refractivity contribution in [3.63, 3.8) is 0 Å². The highest BCUT2D eigenvalue weighted by Gasteiger charge is 2.34. The van der Waals surface area contributed by atoms with Gasteiger partial charge in [-0.3, -0.25) is 0 Å². The summed E-state index contributed by atoms with van der Waals surface area (Å²) in [5, 5.41) is 0. The Bertz CT molecular complexity index is 527. The van der Waals surface area contributed by atoms with Crippen LogP contribution in [0.1, 0.15) is 37.5 Å². The van der Waals surface area contributed by atoms with Crippen molar-refractivity contribution >= 4 is 37.3 Å². The summed E-state index contributed by atoms with van der Waals surface area (Å²) < 4.78 is 27.3. The lowest BCUT2D eigenvalue weighted by atomic mass is 9.96. The van der Waals surface area contributed by atoms with Gasteiger partial charge in [-0.25, -0.2) is 8.42 Å². The highest BCUT2D eigenvalue weighted by Crippen LogP contribution is 2.32. The van der Waals surface area contributed by atoms with E-state index < -0.39 is 10.0 Å². The van der Waals surface area contributed by atoms with E-state index in [1.54, 1.807) is 17.4 Å². The highest BCUT2D eigenvalue weighted by atomic mass is 79.9. The fraction of sp³-hybridized carbons (Fsp3) is 0.692. The average Bonchev–Trinajstić information content (AvgIpc) is 2.88. The predicted molar refractivity (Wildman–Crippen MR) is 83.6 cm³/mol. The van der Waals surface area contributed by atoms with Crippen LogP contribution in [0.5, 0.6) is 0 Å². The van der Waals surface area contributed by atoms with Crippen molar-refractivity contribution in [2.24, 2.45) is 0 Å². The van der Waals surface area contributed by atoms with Crippen molar-refractivity contribution in [1.29, 1.82) is 0 Å². The summed E-state index contributed by atoms with van der Waals surface area (Å²) in [7, 11) is -1.63. The molecule has 0 N–H and O–H groups in total. The van der Waals surface area contributed by atoms with Gasteiger partial charge in [-0.15, -0.1) is 11.3 Å². The molecule has 1 aliphatic rings. The summed E-state index contributed by atoms with van der Waals surface area (Å²) >= 11 is 5.02. The molecule has 0 saturated heterocycles. The highest BCUT2D eigenvalue weighted by molar-refractivity contribution is 9.09. The van der Waals surface area contributed by atoms with Crippen LogP contribution in [-0.2, 0) is 16.4 Å². The Morgan fingerprint density at radius 2 is 2.05 bits per heavy atom. The monoisotopic (exact) mass is 365 g/mol. The number of nitrogens with zero attached hydrogens (tertiary/aromatic N) is 1. The zero-order valence-corrected chi connectivity index (χ0v) is 14.5. The molecule has 2 rings (SSSR count). The van der Waals surface area contributed by atoms with E-state index in [9.17, 15) is 8.42 Å². The molecule has 0 aliphatic heterocycles. The first kappa shape index (κ1) is 15.5. The number of hydrogen-bond donors (Lipinski definition) is 0. The SMILES string of the molecule is CCc1ccc(S(=O)(=O)N(C)C2CCCCC2Br)s1. The second kappa shape index (κ2) is 6.24. The minimum atomic E-state index is -3.34. The summed E-state index contributed by atoms with van der Waals surface area (Å²) in [4.78, 5) is 1.39. The molecule has 2 atom stereocenters. The van der Waals surface area contributed by atoms with Crippen LogP contribution in [0.2, 0.25) is 0 Å². The maximum Gasteiger partial charge on any atom is 0.252 e. The fourth-order valence-corrected chi connectivity index (χ4v) is 6.48. The Morgan fingerprint density at radius 1 is 1.37 bits per heavy atom. The Labute approximate surface area is 128 Å². The van der Waals surface area contributed by atoms with Gasteiger partial charge in [0.05, 0.1) is 0 Å². The van der Waals surface area contributed by atoms with Crippen molar-refractivity contribution in [1.82, 2.24) is 4.31 Å². The van der Waals surface area contributed by atoms with Crippen LogP contribution in [0.3, 0.4) is 0 Å². The number of halogens is 1. The van der Waals surface area contributed by atoms with Crippen molar-refractivity contribution in [2.45, 2.75) is 54.1 Å². The van der Waals surface area contributed by atoms with Gasteiger partial charge in [0.15, 0.2) is 0 Å². The van der Waals surface area contributed by atoms with Gasteiger partial charge >= 0.3 is 0 Å². The van der Waals surface area contributed by atoms with Gasteiger partial charge in [-0.1, -0.05) is 35.7 Å². The van der Waals surface area contributed by atoms with Gasteiger partial charge in [0.25, 0.3) is 10.0 Å². The van der Waals surface area contributed by atoms with Gasteiger partial charge in [0.1, 0.15) is 4.21 Å². The number of hydrogen-bond acceptors (Lipinski definition) is 3. The topological polar surface area (TPSA) is 37.4 Å². The van der Waals surface area contributed by atoms with Gasteiger partial charge in [-0.05, 0) is 31.4 Å². The van der Waals surface area contributed by atoms with E-state index in [0.29, 0.717) is 4.21 Å². The number of alkyl halides is 1. The van der Waals surface area contributed by atoms with Crippen LogP contribution in [0, 0.1) is 0 Å². The molecule has 1 fully saturated rings. The van der Waals surface area contributed by atoms with Crippen LogP contribution in [0.25, 0.3) is 0 Å². The van der Waals surface area contributed by atoms with E-state index in [2.05, 4.69) is 15.9 Å². The summed E-state index contributed by atoms with van der Waals surface area (Å²) in [6, 6.07) is 3.73. The standard InChI is InChI=1S/C13H20BrNO2S2/c1-3-10-8-9-13(18-10)19(16,17)15(2)12-7-5-4-6-11(12)14/h8-9,11-12H,3-7H2,1-2H3. The molecule has 1 aromatic heterocycles. The molecule has 1 heterocycles. The van der Waals surface area contributed by atoms with E-state index >= 15 is 0 Å². The lowest BCUT2D eigenvalue weighted by Crippen LogP contribution is -2.43. The molecule has 0 aromatic carbocycles. The van der Waals surface area contributed by atoms with Crippen LogP contribution in [-0.4, -0.2) is 30.6 Å². The Morgan fingerprint density at radius 3 is 2.63 bits per heavy atom. The molecule has 0 bridgehead atoms. The van der Waals surface area contributed by atoms with Crippen LogP contribution < -0.4 is 0 Å². The first-order valence-corrected chi connectivity index (χ1v) is 9.85. The molecule has 2 unspecified atom stereocenters. The Hall–Kier alpha value is 0.0900. The summed E-state index contributed by atoms with van der Waals surface area (Å²) in [6.07, 6.45) is 5.16. The average molecular weight is 366 g/mol. The third-order valence-corrected chi connectivity index (χ3v) is 8.38.